The van der Waals surface area contributed by atoms with Crippen LogP contribution in [0.15, 0.2) is 48.7 Å². The van der Waals surface area contributed by atoms with Crippen LogP contribution in [0.4, 0.5) is 0 Å². The Morgan fingerprint density at radius 2 is 1.92 bits per heavy atom. The second-order valence-corrected chi connectivity index (χ2v) is 7.09. The SMILES string of the molecule is c1ccn2nc(-c3ccc([C@@H]4N[C@@H]5CCCC[C@H]5CO4)cc3)nc2c1. The van der Waals surface area contributed by atoms with Crippen molar-refractivity contribution in [2.75, 3.05) is 6.61 Å². The average Bonchev–Trinajstić information content (AvgIpc) is 3.12. The Morgan fingerprint density at radius 1 is 1.04 bits per heavy atom. The summed E-state index contributed by atoms with van der Waals surface area (Å²) in [4.78, 5) is 4.58. The molecule has 1 aliphatic heterocycles. The molecular formula is C20H22N4O. The van der Waals surface area contributed by atoms with Gasteiger partial charge in [-0.15, -0.1) is 5.10 Å². The highest BCUT2D eigenvalue weighted by Crippen LogP contribution is 2.32. The summed E-state index contributed by atoms with van der Waals surface area (Å²) >= 11 is 0. The second kappa shape index (κ2) is 6.24. The van der Waals surface area contributed by atoms with Crippen molar-refractivity contribution >= 4 is 5.65 Å². The van der Waals surface area contributed by atoms with Crippen molar-refractivity contribution in [3.05, 3.63) is 54.2 Å². The zero-order chi connectivity index (χ0) is 16.6. The summed E-state index contributed by atoms with van der Waals surface area (Å²) in [6.45, 7) is 0.873. The van der Waals surface area contributed by atoms with Crippen molar-refractivity contribution in [3.63, 3.8) is 0 Å². The molecule has 0 amide bonds. The summed E-state index contributed by atoms with van der Waals surface area (Å²) in [6, 6.07) is 14.9. The number of aromatic nitrogens is 3. The normalized spacial score (nSPS) is 26.5. The van der Waals surface area contributed by atoms with Crippen molar-refractivity contribution < 1.29 is 4.74 Å². The highest BCUT2D eigenvalue weighted by molar-refractivity contribution is 5.58. The van der Waals surface area contributed by atoms with E-state index < -0.39 is 0 Å². The Kier molecular flexibility index (Phi) is 3.76. The third-order valence-electron chi connectivity index (χ3n) is 5.46. The maximum atomic E-state index is 6.08. The number of rotatable bonds is 2. The Bertz CT molecular complexity index is 840. The number of nitrogens with one attached hydrogen (secondary N) is 1. The molecule has 5 heteroatoms. The lowest BCUT2D eigenvalue weighted by Gasteiger charge is -2.40. The molecule has 1 saturated heterocycles. The van der Waals surface area contributed by atoms with Crippen molar-refractivity contribution in [2.24, 2.45) is 5.92 Å². The number of hydrogen-bond donors (Lipinski definition) is 1. The fourth-order valence-electron chi connectivity index (χ4n) is 4.04. The maximum Gasteiger partial charge on any atom is 0.182 e. The molecular weight excluding hydrogens is 312 g/mol. The molecule has 0 unspecified atom stereocenters. The van der Waals surface area contributed by atoms with Crippen LogP contribution in [0.3, 0.4) is 0 Å². The van der Waals surface area contributed by atoms with Crippen LogP contribution >= 0.6 is 0 Å². The van der Waals surface area contributed by atoms with Crippen LogP contribution in [-0.4, -0.2) is 27.2 Å². The molecule has 0 bridgehead atoms. The quantitative estimate of drug-likeness (QED) is 0.778. The first-order valence-corrected chi connectivity index (χ1v) is 9.16. The number of fused-ring (bicyclic) bond motifs is 2. The predicted molar refractivity (Wildman–Crippen MR) is 96.0 cm³/mol. The number of hydrogen-bond acceptors (Lipinski definition) is 4. The molecule has 2 aromatic heterocycles. The van der Waals surface area contributed by atoms with E-state index in [1.54, 1.807) is 4.52 Å². The highest BCUT2D eigenvalue weighted by atomic mass is 16.5. The Hall–Kier alpha value is -2.24. The molecule has 5 rings (SSSR count). The van der Waals surface area contributed by atoms with Gasteiger partial charge in [-0.2, -0.15) is 0 Å². The second-order valence-electron chi connectivity index (χ2n) is 7.09. The molecule has 0 spiro atoms. The first-order chi connectivity index (χ1) is 12.4. The van der Waals surface area contributed by atoms with E-state index in [-0.39, 0.29) is 6.23 Å². The number of pyridine rings is 1. The van der Waals surface area contributed by atoms with E-state index in [0.29, 0.717) is 12.0 Å². The topological polar surface area (TPSA) is 51.5 Å². The van der Waals surface area contributed by atoms with E-state index in [0.717, 1.165) is 23.6 Å². The minimum atomic E-state index is 0.00225. The Balaban J connectivity index is 1.36. The molecule has 3 atom stereocenters. The van der Waals surface area contributed by atoms with Gasteiger partial charge in [0, 0.05) is 17.8 Å². The third-order valence-corrected chi connectivity index (χ3v) is 5.46. The van der Waals surface area contributed by atoms with Crippen LogP contribution in [-0.2, 0) is 4.74 Å². The molecule has 3 heterocycles. The summed E-state index contributed by atoms with van der Waals surface area (Å²) in [5.41, 5.74) is 3.07. The smallest absolute Gasteiger partial charge is 0.182 e. The molecule has 2 fully saturated rings. The van der Waals surface area contributed by atoms with Gasteiger partial charge >= 0.3 is 0 Å². The van der Waals surface area contributed by atoms with Gasteiger partial charge in [-0.25, -0.2) is 9.50 Å². The molecule has 2 aliphatic rings. The molecule has 1 saturated carbocycles. The molecule has 3 aromatic rings. The summed E-state index contributed by atoms with van der Waals surface area (Å²) in [6.07, 6.45) is 7.16. The summed E-state index contributed by atoms with van der Waals surface area (Å²) in [5, 5.41) is 8.23. The van der Waals surface area contributed by atoms with Gasteiger partial charge in [-0.05, 0) is 36.5 Å². The number of ether oxygens (including phenoxy) is 1. The molecule has 1 aromatic carbocycles. The zero-order valence-corrected chi connectivity index (χ0v) is 14.1. The third kappa shape index (κ3) is 2.83. The van der Waals surface area contributed by atoms with E-state index in [9.17, 15) is 0 Å². The largest absolute Gasteiger partial charge is 0.359 e. The first kappa shape index (κ1) is 15.0. The van der Waals surface area contributed by atoms with Crippen molar-refractivity contribution in [3.8, 4) is 11.4 Å². The van der Waals surface area contributed by atoms with E-state index >= 15 is 0 Å². The van der Waals surface area contributed by atoms with Crippen LogP contribution in [0, 0.1) is 5.92 Å². The number of benzene rings is 1. The van der Waals surface area contributed by atoms with Crippen LogP contribution < -0.4 is 5.32 Å². The summed E-state index contributed by atoms with van der Waals surface area (Å²) in [7, 11) is 0. The maximum absolute atomic E-state index is 6.08. The minimum absolute atomic E-state index is 0.00225. The monoisotopic (exact) mass is 334 g/mol. The molecule has 25 heavy (non-hydrogen) atoms. The fraction of sp³-hybridized carbons (Fsp3) is 0.400. The van der Waals surface area contributed by atoms with Gasteiger partial charge in [-0.3, -0.25) is 5.32 Å². The van der Waals surface area contributed by atoms with Gasteiger partial charge in [0.1, 0.15) is 6.23 Å². The van der Waals surface area contributed by atoms with Crippen molar-refractivity contribution in [1.82, 2.24) is 19.9 Å². The number of nitrogens with zero attached hydrogens (tertiary/aromatic N) is 3. The lowest BCUT2D eigenvalue weighted by Crippen LogP contribution is -2.48. The first-order valence-electron chi connectivity index (χ1n) is 9.16. The predicted octanol–water partition coefficient (Wildman–Crippen LogP) is 3.57. The van der Waals surface area contributed by atoms with Gasteiger partial charge in [0.05, 0.1) is 6.61 Å². The van der Waals surface area contributed by atoms with Crippen LogP contribution in [0.25, 0.3) is 17.0 Å². The standard InChI is InChI=1S/C20H22N4O/c1-2-6-17-16(5-1)13-25-20(21-17)15-10-8-14(9-11-15)19-22-18-7-3-4-12-24(18)23-19/h3-4,7-12,16-17,20-21H,1-2,5-6,13H2/t16-,17+,20+/m0/s1. The molecule has 1 N–H and O–H groups in total. The summed E-state index contributed by atoms with van der Waals surface area (Å²) < 4.78 is 7.88. The van der Waals surface area contributed by atoms with E-state index in [1.165, 1.54) is 31.2 Å². The van der Waals surface area contributed by atoms with Crippen molar-refractivity contribution in [2.45, 2.75) is 38.0 Å². The fourth-order valence-corrected chi connectivity index (χ4v) is 4.04. The van der Waals surface area contributed by atoms with E-state index in [2.05, 4.69) is 39.7 Å². The van der Waals surface area contributed by atoms with Gasteiger partial charge in [0.25, 0.3) is 0 Å². The van der Waals surface area contributed by atoms with Crippen LogP contribution in [0.5, 0.6) is 0 Å². The lowest BCUT2D eigenvalue weighted by atomic mass is 9.84. The van der Waals surface area contributed by atoms with E-state index in [4.69, 9.17) is 4.74 Å². The lowest BCUT2D eigenvalue weighted by molar-refractivity contribution is -0.0640. The highest BCUT2D eigenvalue weighted by Gasteiger charge is 2.32. The van der Waals surface area contributed by atoms with Crippen LogP contribution in [0.2, 0.25) is 0 Å². The molecule has 5 nitrogen and oxygen atoms in total. The van der Waals surface area contributed by atoms with Gasteiger partial charge in [0.2, 0.25) is 0 Å². The van der Waals surface area contributed by atoms with Gasteiger partial charge in [-0.1, -0.05) is 43.2 Å². The van der Waals surface area contributed by atoms with Crippen LogP contribution in [0.1, 0.15) is 37.5 Å². The van der Waals surface area contributed by atoms with Gasteiger partial charge in [0.15, 0.2) is 11.5 Å². The Morgan fingerprint density at radius 3 is 2.80 bits per heavy atom. The average molecular weight is 334 g/mol. The molecule has 128 valence electrons. The zero-order valence-electron chi connectivity index (χ0n) is 14.1. The van der Waals surface area contributed by atoms with Crippen molar-refractivity contribution in [1.29, 1.82) is 0 Å². The van der Waals surface area contributed by atoms with Gasteiger partial charge < -0.3 is 4.74 Å². The Labute approximate surface area is 147 Å². The minimum Gasteiger partial charge on any atom is -0.359 e. The molecule has 0 radical (unpaired) electrons. The summed E-state index contributed by atoms with van der Waals surface area (Å²) in [5.74, 6) is 1.44. The van der Waals surface area contributed by atoms with E-state index in [1.807, 2.05) is 24.4 Å². The molecule has 1 aliphatic carbocycles.